The minimum atomic E-state index is -4.41. The Hall–Kier alpha value is -2.68. The van der Waals surface area contributed by atoms with Gasteiger partial charge in [-0.3, -0.25) is 0 Å². The molecule has 0 atom stereocenters. The molecule has 0 aliphatic rings. The van der Waals surface area contributed by atoms with Crippen molar-refractivity contribution >= 4 is 17.1 Å². The first-order valence-electron chi connectivity index (χ1n) is 6.06. The van der Waals surface area contributed by atoms with E-state index < -0.39 is 11.7 Å². The van der Waals surface area contributed by atoms with Gasteiger partial charge in [-0.1, -0.05) is 12.1 Å². The van der Waals surface area contributed by atoms with Gasteiger partial charge in [0.25, 0.3) is 0 Å². The highest BCUT2D eigenvalue weighted by molar-refractivity contribution is 5.78. The van der Waals surface area contributed by atoms with Crippen molar-refractivity contribution < 1.29 is 13.2 Å². The molecule has 0 spiro atoms. The lowest BCUT2D eigenvalue weighted by atomic mass is 10.1. The summed E-state index contributed by atoms with van der Waals surface area (Å²) in [6.07, 6.45) is -4.41. The number of aryl methyl sites for hydroxylation is 1. The summed E-state index contributed by atoms with van der Waals surface area (Å²) in [7, 11) is 0. The molecule has 2 aromatic rings. The molecular formula is C15H12F3N3. The number of nitrogens with two attached hydrogens (primary N) is 1. The third-order valence-electron chi connectivity index (χ3n) is 3.06. The lowest BCUT2D eigenvalue weighted by molar-refractivity contribution is -0.137. The minimum absolute atomic E-state index is 0.205. The van der Waals surface area contributed by atoms with Crippen LogP contribution in [0.4, 0.5) is 30.2 Å². The standard InChI is InChI=1S/C15H12F3N3/c1-9-5-6-11(15(16,17)18)7-13(9)21-12-4-2-3-10(8-19)14(12)20/h2-7,21H,20H2,1H3. The van der Waals surface area contributed by atoms with Gasteiger partial charge in [-0.05, 0) is 36.8 Å². The Morgan fingerprint density at radius 2 is 1.86 bits per heavy atom. The average Bonchev–Trinajstić information content (AvgIpc) is 2.42. The van der Waals surface area contributed by atoms with Crippen molar-refractivity contribution in [2.75, 3.05) is 11.1 Å². The molecule has 108 valence electrons. The monoisotopic (exact) mass is 291 g/mol. The van der Waals surface area contributed by atoms with E-state index in [0.29, 0.717) is 16.9 Å². The smallest absolute Gasteiger partial charge is 0.396 e. The molecule has 0 amide bonds. The first-order valence-corrected chi connectivity index (χ1v) is 6.06. The van der Waals surface area contributed by atoms with Gasteiger partial charge < -0.3 is 11.1 Å². The van der Waals surface area contributed by atoms with Crippen molar-refractivity contribution in [3.63, 3.8) is 0 Å². The van der Waals surface area contributed by atoms with Gasteiger partial charge in [-0.15, -0.1) is 0 Å². The number of para-hydroxylation sites is 1. The number of halogens is 3. The van der Waals surface area contributed by atoms with Gasteiger partial charge in [0.2, 0.25) is 0 Å². The summed E-state index contributed by atoms with van der Waals surface area (Å²) in [5.74, 6) is 0. The second kappa shape index (κ2) is 5.37. The van der Waals surface area contributed by atoms with Crippen LogP contribution in [0.15, 0.2) is 36.4 Å². The van der Waals surface area contributed by atoms with Gasteiger partial charge in [0, 0.05) is 5.69 Å². The van der Waals surface area contributed by atoms with E-state index in [2.05, 4.69) is 5.32 Å². The third kappa shape index (κ3) is 3.08. The van der Waals surface area contributed by atoms with Crippen molar-refractivity contribution in [3.8, 4) is 6.07 Å². The fourth-order valence-corrected chi connectivity index (χ4v) is 1.85. The minimum Gasteiger partial charge on any atom is -0.396 e. The van der Waals surface area contributed by atoms with Crippen LogP contribution < -0.4 is 11.1 Å². The van der Waals surface area contributed by atoms with Crippen LogP contribution in [0, 0.1) is 18.3 Å². The Kier molecular flexibility index (Phi) is 3.76. The van der Waals surface area contributed by atoms with Gasteiger partial charge in [-0.2, -0.15) is 18.4 Å². The van der Waals surface area contributed by atoms with Crippen LogP contribution in [-0.2, 0) is 6.18 Å². The van der Waals surface area contributed by atoms with Crippen LogP contribution in [-0.4, -0.2) is 0 Å². The Morgan fingerprint density at radius 3 is 2.48 bits per heavy atom. The lowest BCUT2D eigenvalue weighted by Crippen LogP contribution is -2.06. The number of nitriles is 1. The van der Waals surface area contributed by atoms with E-state index >= 15 is 0 Å². The number of hydrogen-bond acceptors (Lipinski definition) is 3. The highest BCUT2D eigenvalue weighted by atomic mass is 19.4. The van der Waals surface area contributed by atoms with E-state index in [9.17, 15) is 13.2 Å². The average molecular weight is 291 g/mol. The quantitative estimate of drug-likeness (QED) is 0.815. The first-order chi connectivity index (χ1) is 9.82. The number of nitrogen functional groups attached to an aromatic ring is 1. The zero-order chi connectivity index (χ0) is 15.6. The summed E-state index contributed by atoms with van der Waals surface area (Å²) in [5, 5.41) is 11.8. The van der Waals surface area contributed by atoms with Gasteiger partial charge in [0.05, 0.1) is 22.5 Å². The molecule has 0 fully saturated rings. The third-order valence-corrected chi connectivity index (χ3v) is 3.06. The van der Waals surface area contributed by atoms with Gasteiger partial charge in [0.1, 0.15) is 6.07 Å². The molecule has 0 saturated heterocycles. The van der Waals surface area contributed by atoms with Gasteiger partial charge in [-0.25, -0.2) is 0 Å². The van der Waals surface area contributed by atoms with Crippen LogP contribution >= 0.6 is 0 Å². The molecule has 21 heavy (non-hydrogen) atoms. The van der Waals surface area contributed by atoms with E-state index in [1.54, 1.807) is 25.1 Å². The second-order valence-electron chi connectivity index (χ2n) is 4.53. The molecule has 0 heterocycles. The predicted molar refractivity (Wildman–Crippen MR) is 75.0 cm³/mol. The second-order valence-corrected chi connectivity index (χ2v) is 4.53. The molecule has 3 nitrogen and oxygen atoms in total. The topological polar surface area (TPSA) is 61.8 Å². The van der Waals surface area contributed by atoms with E-state index in [-0.39, 0.29) is 11.3 Å². The molecule has 0 radical (unpaired) electrons. The summed E-state index contributed by atoms with van der Waals surface area (Å²) in [6.45, 7) is 1.69. The first kappa shape index (κ1) is 14.7. The Balaban J connectivity index is 2.43. The Bertz CT molecular complexity index is 715. The molecule has 6 heteroatoms. The molecule has 0 unspecified atom stereocenters. The molecule has 2 aromatic carbocycles. The number of rotatable bonds is 2. The van der Waals surface area contributed by atoms with Crippen molar-refractivity contribution in [1.82, 2.24) is 0 Å². The fourth-order valence-electron chi connectivity index (χ4n) is 1.85. The van der Waals surface area contributed by atoms with Gasteiger partial charge >= 0.3 is 6.18 Å². The fraction of sp³-hybridized carbons (Fsp3) is 0.133. The molecule has 0 saturated carbocycles. The molecule has 0 bridgehead atoms. The number of alkyl halides is 3. The van der Waals surface area contributed by atoms with E-state index in [0.717, 1.165) is 12.1 Å². The molecule has 0 aliphatic carbocycles. The zero-order valence-corrected chi connectivity index (χ0v) is 11.1. The molecule has 2 rings (SSSR count). The van der Waals surface area contributed by atoms with Gasteiger partial charge in [0.15, 0.2) is 0 Å². The number of nitrogens with zero attached hydrogens (tertiary/aromatic N) is 1. The van der Waals surface area contributed by atoms with Crippen molar-refractivity contribution in [2.24, 2.45) is 0 Å². The van der Waals surface area contributed by atoms with E-state index in [4.69, 9.17) is 11.0 Å². The van der Waals surface area contributed by atoms with Crippen LogP contribution in [0.5, 0.6) is 0 Å². The highest BCUT2D eigenvalue weighted by Gasteiger charge is 2.30. The summed E-state index contributed by atoms with van der Waals surface area (Å²) in [5.41, 5.74) is 6.88. The summed E-state index contributed by atoms with van der Waals surface area (Å²) in [6, 6.07) is 10.1. The maximum Gasteiger partial charge on any atom is 0.416 e. The SMILES string of the molecule is Cc1ccc(C(F)(F)F)cc1Nc1cccc(C#N)c1N. The highest BCUT2D eigenvalue weighted by Crippen LogP contribution is 2.34. The van der Waals surface area contributed by atoms with Crippen LogP contribution in [0.1, 0.15) is 16.7 Å². The number of benzene rings is 2. The van der Waals surface area contributed by atoms with Crippen molar-refractivity contribution in [2.45, 2.75) is 13.1 Å². The summed E-state index contributed by atoms with van der Waals surface area (Å²) < 4.78 is 38.2. The largest absolute Gasteiger partial charge is 0.416 e. The molecule has 0 aliphatic heterocycles. The summed E-state index contributed by atoms with van der Waals surface area (Å²) in [4.78, 5) is 0. The predicted octanol–water partition coefficient (Wildman–Crippen LogP) is 4.21. The lowest BCUT2D eigenvalue weighted by Gasteiger charge is -2.15. The Labute approximate surface area is 119 Å². The molecular weight excluding hydrogens is 279 g/mol. The normalized spacial score (nSPS) is 11.0. The van der Waals surface area contributed by atoms with E-state index in [1.165, 1.54) is 6.07 Å². The van der Waals surface area contributed by atoms with Crippen LogP contribution in [0.2, 0.25) is 0 Å². The number of anilines is 3. The zero-order valence-electron chi connectivity index (χ0n) is 11.1. The molecule has 3 N–H and O–H groups in total. The van der Waals surface area contributed by atoms with E-state index in [1.807, 2.05) is 6.07 Å². The molecule has 0 aromatic heterocycles. The maximum absolute atomic E-state index is 12.7. The van der Waals surface area contributed by atoms with Crippen LogP contribution in [0.3, 0.4) is 0 Å². The van der Waals surface area contributed by atoms with Crippen LogP contribution in [0.25, 0.3) is 0 Å². The van der Waals surface area contributed by atoms with Crippen molar-refractivity contribution in [3.05, 3.63) is 53.1 Å². The van der Waals surface area contributed by atoms with Crippen molar-refractivity contribution in [1.29, 1.82) is 5.26 Å². The number of hydrogen-bond donors (Lipinski definition) is 2. The maximum atomic E-state index is 12.7. The number of nitrogens with one attached hydrogen (secondary N) is 1. The summed E-state index contributed by atoms with van der Waals surface area (Å²) >= 11 is 0. The Morgan fingerprint density at radius 1 is 1.14 bits per heavy atom.